The van der Waals surface area contributed by atoms with Gasteiger partial charge in [0.1, 0.15) is 12.4 Å². The average molecular weight is 350 g/mol. The lowest BCUT2D eigenvalue weighted by molar-refractivity contribution is -0.114. The minimum Gasteiger partial charge on any atom is -0.489 e. The Morgan fingerprint density at radius 1 is 0.962 bits per heavy atom. The van der Waals surface area contributed by atoms with Gasteiger partial charge in [0.25, 0.3) is 5.91 Å². The van der Waals surface area contributed by atoms with E-state index in [1.807, 2.05) is 30.3 Å². The van der Waals surface area contributed by atoms with Gasteiger partial charge in [-0.1, -0.05) is 24.3 Å². The number of para-hydroxylation sites is 1. The molecule has 0 spiro atoms. The molecule has 2 amide bonds. The number of amides is 2. The van der Waals surface area contributed by atoms with Crippen molar-refractivity contribution in [1.29, 1.82) is 0 Å². The summed E-state index contributed by atoms with van der Waals surface area (Å²) < 4.78 is 11.0. The number of carbonyl (C=O) groups excluding carboxylic acids is 2. The number of nitrogens with one attached hydrogen (secondary N) is 2. The van der Waals surface area contributed by atoms with Gasteiger partial charge in [0.15, 0.2) is 5.76 Å². The fraction of sp³-hybridized carbons (Fsp3) is 0.100. The first-order valence-corrected chi connectivity index (χ1v) is 8.05. The third-order valence-corrected chi connectivity index (χ3v) is 3.53. The molecule has 0 bridgehead atoms. The molecule has 2 N–H and O–H groups in total. The van der Waals surface area contributed by atoms with Crippen LogP contribution in [0.4, 0.5) is 11.4 Å². The second kappa shape index (κ2) is 8.02. The van der Waals surface area contributed by atoms with Crippen molar-refractivity contribution in [2.45, 2.75) is 13.5 Å². The summed E-state index contributed by atoms with van der Waals surface area (Å²) in [6.45, 7) is 1.64. The Bertz CT molecular complexity index is 903. The van der Waals surface area contributed by atoms with Crippen LogP contribution in [0.5, 0.6) is 5.75 Å². The van der Waals surface area contributed by atoms with Gasteiger partial charge in [-0.2, -0.15) is 0 Å². The topological polar surface area (TPSA) is 80.6 Å². The Kier molecular flexibility index (Phi) is 5.34. The summed E-state index contributed by atoms with van der Waals surface area (Å²) in [5.74, 6) is 0.329. The smallest absolute Gasteiger partial charge is 0.291 e. The molecule has 1 heterocycles. The molecule has 0 aliphatic carbocycles. The van der Waals surface area contributed by atoms with E-state index in [-0.39, 0.29) is 24.2 Å². The fourth-order valence-electron chi connectivity index (χ4n) is 2.39. The summed E-state index contributed by atoms with van der Waals surface area (Å²) >= 11 is 0. The van der Waals surface area contributed by atoms with Gasteiger partial charge >= 0.3 is 0 Å². The minimum atomic E-state index is -0.387. The molecule has 0 atom stereocenters. The van der Waals surface area contributed by atoms with Crippen molar-refractivity contribution in [3.8, 4) is 5.75 Å². The number of benzene rings is 2. The quantitative estimate of drug-likeness (QED) is 0.702. The number of carbonyl (C=O) groups is 2. The van der Waals surface area contributed by atoms with E-state index in [4.69, 9.17) is 9.15 Å². The summed E-state index contributed by atoms with van der Waals surface area (Å²) in [6.07, 6.45) is 1.45. The van der Waals surface area contributed by atoms with E-state index in [1.165, 1.54) is 13.2 Å². The molecular weight excluding hydrogens is 332 g/mol. The molecule has 0 aliphatic heterocycles. The number of hydrogen-bond acceptors (Lipinski definition) is 4. The summed E-state index contributed by atoms with van der Waals surface area (Å²) in [5.41, 5.74) is 1.79. The largest absolute Gasteiger partial charge is 0.489 e. The van der Waals surface area contributed by atoms with Gasteiger partial charge in [-0.15, -0.1) is 0 Å². The summed E-state index contributed by atoms with van der Waals surface area (Å²) in [7, 11) is 0. The molecule has 2 aromatic carbocycles. The Morgan fingerprint density at radius 3 is 2.42 bits per heavy atom. The van der Waals surface area contributed by atoms with Gasteiger partial charge < -0.3 is 19.8 Å². The molecule has 0 radical (unpaired) electrons. The van der Waals surface area contributed by atoms with Crippen LogP contribution in [-0.2, 0) is 11.4 Å². The SMILES string of the molecule is CC(=O)Nc1cccc(NC(=O)c2occc2COc2ccccc2)c1. The van der Waals surface area contributed by atoms with Crippen molar-refractivity contribution < 1.29 is 18.7 Å². The Labute approximate surface area is 150 Å². The fourth-order valence-corrected chi connectivity index (χ4v) is 2.39. The summed E-state index contributed by atoms with van der Waals surface area (Å²) in [4.78, 5) is 23.6. The van der Waals surface area contributed by atoms with E-state index in [2.05, 4.69) is 10.6 Å². The van der Waals surface area contributed by atoms with Crippen LogP contribution < -0.4 is 15.4 Å². The van der Waals surface area contributed by atoms with Crippen molar-refractivity contribution in [2.75, 3.05) is 10.6 Å². The zero-order chi connectivity index (χ0) is 18.4. The number of furan rings is 1. The van der Waals surface area contributed by atoms with E-state index >= 15 is 0 Å². The van der Waals surface area contributed by atoms with Crippen molar-refractivity contribution in [2.24, 2.45) is 0 Å². The highest BCUT2D eigenvalue weighted by molar-refractivity contribution is 6.03. The highest BCUT2D eigenvalue weighted by Gasteiger charge is 2.16. The zero-order valence-electron chi connectivity index (χ0n) is 14.2. The lowest BCUT2D eigenvalue weighted by Gasteiger charge is -2.08. The van der Waals surface area contributed by atoms with Gasteiger partial charge in [0.2, 0.25) is 5.91 Å². The molecule has 0 unspecified atom stereocenters. The van der Waals surface area contributed by atoms with Gasteiger partial charge in [0.05, 0.1) is 6.26 Å². The first-order valence-electron chi connectivity index (χ1n) is 8.05. The normalized spacial score (nSPS) is 10.2. The third-order valence-electron chi connectivity index (χ3n) is 3.53. The number of hydrogen-bond donors (Lipinski definition) is 2. The second-order valence-corrected chi connectivity index (χ2v) is 5.59. The van der Waals surface area contributed by atoms with Crippen LogP contribution in [-0.4, -0.2) is 11.8 Å². The molecule has 0 saturated heterocycles. The maximum Gasteiger partial charge on any atom is 0.291 e. The molecular formula is C20H18N2O4. The standard InChI is InChI=1S/C20H18N2O4/c1-14(23)21-16-6-5-7-17(12-16)22-20(24)19-15(10-11-25-19)13-26-18-8-3-2-4-9-18/h2-12H,13H2,1H3,(H,21,23)(H,22,24). The van der Waals surface area contributed by atoms with Gasteiger partial charge in [-0.05, 0) is 36.4 Å². The molecule has 3 aromatic rings. The Morgan fingerprint density at radius 2 is 1.69 bits per heavy atom. The van der Waals surface area contributed by atoms with Crippen LogP contribution in [0.1, 0.15) is 23.0 Å². The molecule has 26 heavy (non-hydrogen) atoms. The minimum absolute atomic E-state index is 0.181. The van der Waals surface area contributed by atoms with Crippen LogP contribution in [0.2, 0.25) is 0 Å². The van der Waals surface area contributed by atoms with Gasteiger partial charge in [0, 0.05) is 23.9 Å². The third kappa shape index (κ3) is 4.51. The predicted octanol–water partition coefficient (Wildman–Crippen LogP) is 4.07. The zero-order valence-corrected chi connectivity index (χ0v) is 14.2. The van der Waals surface area contributed by atoms with E-state index in [9.17, 15) is 9.59 Å². The molecule has 6 nitrogen and oxygen atoms in total. The van der Waals surface area contributed by atoms with E-state index < -0.39 is 0 Å². The molecule has 132 valence electrons. The molecule has 0 fully saturated rings. The van der Waals surface area contributed by atoms with Crippen LogP contribution in [0.15, 0.2) is 71.3 Å². The number of rotatable bonds is 6. The van der Waals surface area contributed by atoms with E-state index in [0.29, 0.717) is 22.7 Å². The lowest BCUT2D eigenvalue weighted by Crippen LogP contribution is -2.14. The van der Waals surface area contributed by atoms with Crippen molar-refractivity contribution >= 4 is 23.2 Å². The number of anilines is 2. The predicted molar refractivity (Wildman–Crippen MR) is 98.2 cm³/mol. The van der Waals surface area contributed by atoms with Crippen LogP contribution in [0, 0.1) is 0 Å². The van der Waals surface area contributed by atoms with Crippen LogP contribution in [0.25, 0.3) is 0 Å². The summed E-state index contributed by atoms with van der Waals surface area (Å²) in [5, 5.41) is 5.43. The highest BCUT2D eigenvalue weighted by Crippen LogP contribution is 2.19. The molecule has 6 heteroatoms. The van der Waals surface area contributed by atoms with Crippen LogP contribution >= 0.6 is 0 Å². The molecule has 0 saturated carbocycles. The molecule has 1 aromatic heterocycles. The molecule has 3 rings (SSSR count). The van der Waals surface area contributed by atoms with Crippen molar-refractivity contribution in [1.82, 2.24) is 0 Å². The van der Waals surface area contributed by atoms with E-state index in [1.54, 1.807) is 30.3 Å². The Hall–Kier alpha value is -3.54. The monoisotopic (exact) mass is 350 g/mol. The first-order chi connectivity index (χ1) is 12.6. The van der Waals surface area contributed by atoms with Crippen LogP contribution in [0.3, 0.4) is 0 Å². The number of ether oxygens (including phenoxy) is 1. The maximum absolute atomic E-state index is 12.5. The highest BCUT2D eigenvalue weighted by atomic mass is 16.5. The second-order valence-electron chi connectivity index (χ2n) is 5.59. The average Bonchev–Trinajstić information content (AvgIpc) is 3.09. The van der Waals surface area contributed by atoms with E-state index in [0.717, 1.165) is 0 Å². The van der Waals surface area contributed by atoms with Gasteiger partial charge in [-0.3, -0.25) is 9.59 Å². The lowest BCUT2D eigenvalue weighted by atomic mass is 10.2. The van der Waals surface area contributed by atoms with Crippen molar-refractivity contribution in [3.05, 3.63) is 78.3 Å². The molecule has 0 aliphatic rings. The van der Waals surface area contributed by atoms with Crippen molar-refractivity contribution in [3.63, 3.8) is 0 Å². The Balaban J connectivity index is 1.67. The summed E-state index contributed by atoms with van der Waals surface area (Å²) in [6, 6.07) is 17.9. The maximum atomic E-state index is 12.5. The first kappa shape index (κ1) is 17.3. The van der Waals surface area contributed by atoms with Gasteiger partial charge in [-0.25, -0.2) is 0 Å².